The molecule has 1 aliphatic carbocycles. The number of hydrogen-bond acceptors (Lipinski definition) is 3. The SMILES string of the molecule is CC1(C)c2ccccc2-c2c1ccc1c2c2ccccc2n1-c1cccc2c1oc1cc(-c3nc(-c4ccc(-c5ccccc5)cc4)c4ccccc4n3)ccc12. The Labute approximate surface area is 329 Å². The summed E-state index contributed by atoms with van der Waals surface area (Å²) in [6, 6.07) is 62.6. The van der Waals surface area contributed by atoms with E-state index in [2.05, 4.69) is 182 Å². The highest BCUT2D eigenvalue weighted by molar-refractivity contribution is 6.19. The Morgan fingerprint density at radius 3 is 2.07 bits per heavy atom. The van der Waals surface area contributed by atoms with Crippen LogP contribution in [0.1, 0.15) is 25.0 Å². The summed E-state index contributed by atoms with van der Waals surface area (Å²) in [4.78, 5) is 10.3. The van der Waals surface area contributed by atoms with Gasteiger partial charge in [0.15, 0.2) is 11.4 Å². The summed E-state index contributed by atoms with van der Waals surface area (Å²) in [6.07, 6.45) is 0. The van der Waals surface area contributed by atoms with Gasteiger partial charge in [0.1, 0.15) is 5.58 Å². The van der Waals surface area contributed by atoms with Gasteiger partial charge in [-0.2, -0.15) is 0 Å². The third-order valence-corrected chi connectivity index (χ3v) is 12.2. The van der Waals surface area contributed by atoms with Gasteiger partial charge in [-0.3, -0.25) is 0 Å². The Morgan fingerprint density at radius 2 is 1.19 bits per heavy atom. The lowest BCUT2D eigenvalue weighted by Gasteiger charge is -2.21. The van der Waals surface area contributed by atoms with Crippen molar-refractivity contribution in [3.05, 3.63) is 187 Å². The summed E-state index contributed by atoms with van der Waals surface area (Å²) in [5.41, 5.74) is 16.5. The van der Waals surface area contributed by atoms with Gasteiger partial charge in [0.05, 0.1) is 27.9 Å². The lowest BCUT2D eigenvalue weighted by atomic mass is 9.82. The van der Waals surface area contributed by atoms with Gasteiger partial charge in [-0.15, -0.1) is 0 Å². The van der Waals surface area contributed by atoms with Gasteiger partial charge in [0.25, 0.3) is 0 Å². The van der Waals surface area contributed by atoms with E-state index in [1.165, 1.54) is 49.7 Å². The Hall–Kier alpha value is -7.30. The molecule has 0 unspecified atom stereocenters. The topological polar surface area (TPSA) is 43.9 Å². The van der Waals surface area contributed by atoms with Crippen LogP contribution in [0.5, 0.6) is 0 Å². The molecule has 3 aromatic heterocycles. The maximum absolute atomic E-state index is 6.93. The van der Waals surface area contributed by atoms with E-state index in [0.29, 0.717) is 5.82 Å². The minimum absolute atomic E-state index is 0.0811. The zero-order chi connectivity index (χ0) is 37.8. The van der Waals surface area contributed by atoms with Gasteiger partial charge >= 0.3 is 0 Å². The zero-order valence-corrected chi connectivity index (χ0v) is 31.5. The van der Waals surface area contributed by atoms with Crippen molar-refractivity contribution >= 4 is 54.6 Å². The van der Waals surface area contributed by atoms with Crippen molar-refractivity contribution in [1.82, 2.24) is 14.5 Å². The molecule has 0 fully saturated rings. The van der Waals surface area contributed by atoms with Crippen molar-refractivity contribution in [3.8, 4) is 50.6 Å². The molecule has 11 aromatic rings. The number of hydrogen-bond donors (Lipinski definition) is 0. The first-order chi connectivity index (χ1) is 28.0. The molecule has 3 heterocycles. The van der Waals surface area contributed by atoms with Gasteiger partial charge in [-0.1, -0.05) is 153 Å². The molecule has 0 N–H and O–H groups in total. The second-order valence-electron chi connectivity index (χ2n) is 15.7. The Morgan fingerprint density at radius 1 is 0.491 bits per heavy atom. The molecule has 0 aliphatic heterocycles. The molecule has 12 rings (SSSR count). The van der Waals surface area contributed by atoms with Crippen LogP contribution >= 0.6 is 0 Å². The van der Waals surface area contributed by atoms with Crippen molar-refractivity contribution in [3.63, 3.8) is 0 Å². The van der Waals surface area contributed by atoms with Crippen LogP contribution in [0, 0.1) is 0 Å². The molecule has 8 aromatic carbocycles. The number of furan rings is 1. The normalized spacial score (nSPS) is 13.2. The third kappa shape index (κ3) is 4.62. The highest BCUT2D eigenvalue weighted by atomic mass is 16.3. The van der Waals surface area contributed by atoms with Crippen molar-refractivity contribution in [2.24, 2.45) is 0 Å². The van der Waals surface area contributed by atoms with E-state index >= 15 is 0 Å². The first kappa shape index (κ1) is 32.0. The Balaban J connectivity index is 1.03. The van der Waals surface area contributed by atoms with Crippen LogP contribution in [0.15, 0.2) is 180 Å². The predicted molar refractivity (Wildman–Crippen MR) is 235 cm³/mol. The van der Waals surface area contributed by atoms with E-state index < -0.39 is 0 Å². The Bertz CT molecular complexity index is 3420. The van der Waals surface area contributed by atoms with Crippen molar-refractivity contribution in [2.75, 3.05) is 0 Å². The second-order valence-corrected chi connectivity index (χ2v) is 15.7. The molecular weight excluding hydrogens is 695 g/mol. The number of fused-ring (bicyclic) bond motifs is 11. The maximum atomic E-state index is 6.93. The first-order valence-corrected chi connectivity index (χ1v) is 19.6. The van der Waals surface area contributed by atoms with Gasteiger partial charge in [0, 0.05) is 43.5 Å². The molecule has 0 amide bonds. The van der Waals surface area contributed by atoms with Crippen LogP contribution in [-0.2, 0) is 5.41 Å². The van der Waals surface area contributed by atoms with Crippen molar-refractivity contribution in [2.45, 2.75) is 19.3 Å². The van der Waals surface area contributed by atoms with Crippen LogP contribution in [0.2, 0.25) is 0 Å². The fraction of sp³-hybridized carbons (Fsp3) is 0.0566. The van der Waals surface area contributed by atoms with E-state index in [0.717, 1.165) is 60.9 Å². The largest absolute Gasteiger partial charge is 0.454 e. The molecule has 0 bridgehead atoms. The van der Waals surface area contributed by atoms with Gasteiger partial charge in [-0.25, -0.2) is 9.97 Å². The number of para-hydroxylation sites is 3. The summed E-state index contributed by atoms with van der Waals surface area (Å²) < 4.78 is 9.33. The minimum Gasteiger partial charge on any atom is -0.454 e. The minimum atomic E-state index is -0.0811. The molecule has 57 heavy (non-hydrogen) atoms. The lowest BCUT2D eigenvalue weighted by molar-refractivity contribution is 0.660. The van der Waals surface area contributed by atoms with Gasteiger partial charge in [-0.05, 0) is 69.8 Å². The van der Waals surface area contributed by atoms with Crippen LogP contribution in [0.3, 0.4) is 0 Å². The zero-order valence-electron chi connectivity index (χ0n) is 31.5. The molecule has 1 aliphatic rings. The fourth-order valence-electron chi connectivity index (χ4n) is 9.49. The average molecular weight is 730 g/mol. The monoisotopic (exact) mass is 729 g/mol. The van der Waals surface area contributed by atoms with E-state index in [4.69, 9.17) is 14.4 Å². The fourth-order valence-corrected chi connectivity index (χ4v) is 9.49. The summed E-state index contributed by atoms with van der Waals surface area (Å²) in [5.74, 6) is 0.665. The number of nitrogens with zero attached hydrogens (tertiary/aromatic N) is 3. The molecule has 4 heteroatoms. The number of rotatable bonds is 4. The van der Waals surface area contributed by atoms with E-state index in [1.807, 2.05) is 12.1 Å². The molecule has 268 valence electrons. The van der Waals surface area contributed by atoms with E-state index in [1.54, 1.807) is 0 Å². The van der Waals surface area contributed by atoms with Crippen LogP contribution < -0.4 is 0 Å². The summed E-state index contributed by atoms with van der Waals surface area (Å²) in [6.45, 7) is 4.69. The number of benzene rings is 8. The van der Waals surface area contributed by atoms with E-state index in [9.17, 15) is 0 Å². The average Bonchev–Trinajstić information content (AvgIpc) is 3.89. The molecular formula is C53H35N3O. The van der Waals surface area contributed by atoms with Crippen LogP contribution in [0.4, 0.5) is 0 Å². The van der Waals surface area contributed by atoms with Crippen LogP contribution in [0.25, 0.3) is 105 Å². The summed E-state index contributed by atoms with van der Waals surface area (Å²) >= 11 is 0. The van der Waals surface area contributed by atoms with Gasteiger partial charge < -0.3 is 8.98 Å². The molecule has 4 nitrogen and oxygen atoms in total. The third-order valence-electron chi connectivity index (χ3n) is 12.2. The quantitative estimate of drug-likeness (QED) is 0.181. The van der Waals surface area contributed by atoms with Crippen molar-refractivity contribution < 1.29 is 4.42 Å². The van der Waals surface area contributed by atoms with Gasteiger partial charge in [0.2, 0.25) is 0 Å². The highest BCUT2D eigenvalue weighted by Gasteiger charge is 2.37. The lowest BCUT2D eigenvalue weighted by Crippen LogP contribution is -2.14. The smallest absolute Gasteiger partial charge is 0.160 e. The van der Waals surface area contributed by atoms with Crippen LogP contribution in [-0.4, -0.2) is 14.5 Å². The second kappa shape index (κ2) is 11.8. The van der Waals surface area contributed by atoms with Crippen molar-refractivity contribution in [1.29, 1.82) is 0 Å². The summed E-state index contributed by atoms with van der Waals surface area (Å²) in [5, 5.41) is 5.69. The predicted octanol–water partition coefficient (Wildman–Crippen LogP) is 13.9. The number of aromatic nitrogens is 3. The summed E-state index contributed by atoms with van der Waals surface area (Å²) in [7, 11) is 0. The molecule has 0 saturated carbocycles. The maximum Gasteiger partial charge on any atom is 0.160 e. The molecule has 0 spiro atoms. The highest BCUT2D eigenvalue weighted by Crippen LogP contribution is 2.53. The van der Waals surface area contributed by atoms with E-state index in [-0.39, 0.29) is 5.41 Å². The first-order valence-electron chi connectivity index (χ1n) is 19.6. The molecule has 0 atom stereocenters. The molecule has 0 saturated heterocycles. The standard InChI is InChI=1S/C53H35N3O/c1-53(2)41-19-9-6-15-38(41)48-42(53)29-30-45-49(48)40-17-8-11-21-44(40)56(45)46-22-12-18-37-36-28-27-35(31-47(36)57-51(37)46)52-54-43-20-10-7-16-39(43)50(55-52)34-25-23-33(24-26-34)32-13-4-3-5-14-32/h3-31H,1-2H3. The Kier molecular flexibility index (Phi) is 6.65. The molecule has 0 radical (unpaired) electrons.